The zero-order valence-corrected chi connectivity index (χ0v) is 16.0. The van der Waals surface area contributed by atoms with Gasteiger partial charge in [-0.15, -0.1) is 11.3 Å². The fraction of sp³-hybridized carbons (Fsp3) is 0.0909. The van der Waals surface area contributed by atoms with E-state index in [1.165, 1.54) is 22.7 Å². The maximum absolute atomic E-state index is 10.7. The molecule has 0 radical (unpaired) electrons. The first-order chi connectivity index (χ1) is 13.0. The van der Waals surface area contributed by atoms with Crippen LogP contribution < -0.4 is 4.90 Å². The number of non-ortho nitro benzene ring substituents is 1. The molecule has 5 heteroatoms. The first-order valence-electron chi connectivity index (χ1n) is 8.49. The Hall–Kier alpha value is -3.18. The van der Waals surface area contributed by atoms with Crippen molar-refractivity contribution in [2.75, 3.05) is 19.0 Å². The molecule has 0 bridgehead atoms. The number of anilines is 1. The van der Waals surface area contributed by atoms with E-state index in [1.54, 1.807) is 23.5 Å². The molecule has 1 aromatic heterocycles. The predicted octanol–water partition coefficient (Wildman–Crippen LogP) is 6.06. The summed E-state index contributed by atoms with van der Waals surface area (Å²) in [6, 6.07) is 19.1. The summed E-state index contributed by atoms with van der Waals surface area (Å²) in [6.45, 7) is 0. The molecule has 0 saturated carbocycles. The number of nitro benzene ring substituents is 1. The van der Waals surface area contributed by atoms with Crippen molar-refractivity contribution < 1.29 is 4.92 Å². The van der Waals surface area contributed by atoms with Gasteiger partial charge in [-0.1, -0.05) is 24.3 Å². The van der Waals surface area contributed by atoms with E-state index in [-0.39, 0.29) is 10.6 Å². The summed E-state index contributed by atoms with van der Waals surface area (Å²) in [7, 11) is 4.06. The zero-order valence-electron chi connectivity index (χ0n) is 15.2. The van der Waals surface area contributed by atoms with Gasteiger partial charge in [0.25, 0.3) is 5.69 Å². The Kier molecular flexibility index (Phi) is 5.84. The highest BCUT2D eigenvalue weighted by molar-refractivity contribution is 7.13. The average molecular weight is 376 g/mol. The lowest BCUT2D eigenvalue weighted by atomic mass is 10.2. The smallest absolute Gasteiger partial charge is 0.269 e. The molecule has 0 fully saturated rings. The number of rotatable bonds is 6. The maximum Gasteiger partial charge on any atom is 0.269 e. The lowest BCUT2D eigenvalue weighted by Crippen LogP contribution is -2.07. The minimum Gasteiger partial charge on any atom is -0.378 e. The fourth-order valence-electron chi connectivity index (χ4n) is 2.49. The van der Waals surface area contributed by atoms with Crippen molar-refractivity contribution in [2.24, 2.45) is 0 Å². The summed E-state index contributed by atoms with van der Waals surface area (Å²) in [4.78, 5) is 14.7. The average Bonchev–Trinajstić information content (AvgIpc) is 3.13. The van der Waals surface area contributed by atoms with Crippen LogP contribution in [0.5, 0.6) is 0 Å². The molecule has 3 aromatic rings. The van der Waals surface area contributed by atoms with Gasteiger partial charge in [0, 0.05) is 41.7 Å². The summed E-state index contributed by atoms with van der Waals surface area (Å²) >= 11 is 1.70. The second kappa shape index (κ2) is 8.47. The second-order valence-corrected chi connectivity index (χ2v) is 7.39. The van der Waals surface area contributed by atoms with E-state index in [4.69, 9.17) is 0 Å². The van der Waals surface area contributed by atoms with Crippen molar-refractivity contribution >= 4 is 47.0 Å². The summed E-state index contributed by atoms with van der Waals surface area (Å²) < 4.78 is 0. The molecule has 2 aromatic carbocycles. The van der Waals surface area contributed by atoms with Crippen LogP contribution in [0.4, 0.5) is 11.4 Å². The van der Waals surface area contributed by atoms with Crippen LogP contribution in [0, 0.1) is 10.1 Å². The Labute approximate surface area is 162 Å². The molecule has 1 heterocycles. The summed E-state index contributed by atoms with van der Waals surface area (Å²) in [5.74, 6) is 0. The van der Waals surface area contributed by atoms with Crippen LogP contribution in [0.3, 0.4) is 0 Å². The maximum atomic E-state index is 10.7. The first kappa shape index (κ1) is 18.6. The van der Waals surface area contributed by atoms with Gasteiger partial charge in [0.1, 0.15) is 0 Å². The van der Waals surface area contributed by atoms with Gasteiger partial charge in [-0.05, 0) is 59.7 Å². The molecule has 0 saturated heterocycles. The normalized spacial score (nSPS) is 11.3. The molecule has 0 aliphatic carbocycles. The van der Waals surface area contributed by atoms with Crippen LogP contribution in [0.15, 0.2) is 60.7 Å². The molecule has 27 heavy (non-hydrogen) atoms. The Morgan fingerprint density at radius 3 is 1.70 bits per heavy atom. The molecule has 0 aliphatic heterocycles. The molecule has 0 amide bonds. The van der Waals surface area contributed by atoms with E-state index in [0.717, 1.165) is 16.0 Å². The van der Waals surface area contributed by atoms with Crippen LogP contribution >= 0.6 is 11.3 Å². The first-order valence-corrected chi connectivity index (χ1v) is 9.31. The summed E-state index contributed by atoms with van der Waals surface area (Å²) in [5, 5.41) is 10.7. The number of nitro groups is 1. The van der Waals surface area contributed by atoms with Gasteiger partial charge >= 0.3 is 0 Å². The van der Waals surface area contributed by atoms with Crippen molar-refractivity contribution in [2.45, 2.75) is 0 Å². The molecule has 0 aliphatic rings. The van der Waals surface area contributed by atoms with Gasteiger partial charge in [-0.3, -0.25) is 10.1 Å². The van der Waals surface area contributed by atoms with E-state index in [9.17, 15) is 10.1 Å². The summed E-state index contributed by atoms with van der Waals surface area (Å²) in [6.07, 6.45) is 8.20. The lowest BCUT2D eigenvalue weighted by molar-refractivity contribution is -0.384. The molecule has 136 valence electrons. The minimum absolute atomic E-state index is 0.106. The van der Waals surface area contributed by atoms with Crippen LogP contribution in [-0.2, 0) is 0 Å². The lowest BCUT2D eigenvalue weighted by Gasteiger charge is -2.11. The predicted molar refractivity (Wildman–Crippen MR) is 116 cm³/mol. The van der Waals surface area contributed by atoms with E-state index in [2.05, 4.69) is 53.5 Å². The molecule has 0 atom stereocenters. The molecule has 3 rings (SSSR count). The monoisotopic (exact) mass is 376 g/mol. The molecular formula is C22H20N2O2S. The van der Waals surface area contributed by atoms with E-state index in [0.29, 0.717) is 0 Å². The largest absolute Gasteiger partial charge is 0.378 e. The van der Waals surface area contributed by atoms with Crippen molar-refractivity contribution in [3.05, 3.63) is 91.7 Å². The van der Waals surface area contributed by atoms with Crippen LogP contribution in [0.25, 0.3) is 24.3 Å². The van der Waals surface area contributed by atoms with E-state index >= 15 is 0 Å². The topological polar surface area (TPSA) is 46.4 Å². The number of nitrogens with zero attached hydrogens (tertiary/aromatic N) is 2. The highest BCUT2D eigenvalue weighted by Crippen LogP contribution is 2.22. The molecule has 4 nitrogen and oxygen atoms in total. The second-order valence-electron chi connectivity index (χ2n) is 6.24. The van der Waals surface area contributed by atoms with Crippen molar-refractivity contribution in [3.8, 4) is 0 Å². The van der Waals surface area contributed by atoms with E-state index in [1.807, 2.05) is 26.2 Å². The van der Waals surface area contributed by atoms with Crippen LogP contribution in [0.2, 0.25) is 0 Å². The van der Waals surface area contributed by atoms with Crippen molar-refractivity contribution in [1.29, 1.82) is 0 Å². The van der Waals surface area contributed by atoms with Gasteiger partial charge in [-0.25, -0.2) is 0 Å². The Bertz CT molecular complexity index is 968. The van der Waals surface area contributed by atoms with Gasteiger partial charge in [0.15, 0.2) is 0 Å². The zero-order chi connectivity index (χ0) is 19.2. The van der Waals surface area contributed by atoms with Crippen LogP contribution in [0.1, 0.15) is 20.9 Å². The highest BCUT2D eigenvalue weighted by atomic mass is 32.1. The quantitative estimate of drug-likeness (QED) is 0.388. The molecule has 0 unspecified atom stereocenters. The summed E-state index contributed by atoms with van der Waals surface area (Å²) in [5.41, 5.74) is 3.39. The Morgan fingerprint density at radius 1 is 0.778 bits per heavy atom. The molecular weight excluding hydrogens is 356 g/mol. The minimum atomic E-state index is -0.389. The number of hydrogen-bond donors (Lipinski definition) is 0. The molecule has 0 spiro atoms. The van der Waals surface area contributed by atoms with Crippen molar-refractivity contribution in [3.63, 3.8) is 0 Å². The van der Waals surface area contributed by atoms with Gasteiger partial charge < -0.3 is 4.90 Å². The van der Waals surface area contributed by atoms with Crippen LogP contribution in [-0.4, -0.2) is 19.0 Å². The third-order valence-corrected chi connectivity index (χ3v) is 5.06. The molecule has 0 N–H and O–H groups in total. The SMILES string of the molecule is CN(C)c1ccc(/C=C/c2ccc(/C=C/c3ccc([N+](=O)[O-])cc3)s2)cc1. The number of hydrogen-bond acceptors (Lipinski definition) is 4. The van der Waals surface area contributed by atoms with Gasteiger partial charge in [0.05, 0.1) is 4.92 Å². The third-order valence-electron chi connectivity index (χ3n) is 4.04. The third kappa shape index (κ3) is 5.15. The fourth-order valence-corrected chi connectivity index (χ4v) is 3.31. The van der Waals surface area contributed by atoms with Gasteiger partial charge in [0.2, 0.25) is 0 Å². The number of benzene rings is 2. The van der Waals surface area contributed by atoms with Crippen molar-refractivity contribution in [1.82, 2.24) is 0 Å². The Morgan fingerprint density at radius 2 is 1.26 bits per heavy atom. The Balaban J connectivity index is 1.64. The number of thiophene rings is 1. The van der Waals surface area contributed by atoms with E-state index < -0.39 is 0 Å². The van der Waals surface area contributed by atoms with Gasteiger partial charge in [-0.2, -0.15) is 0 Å². The standard InChI is InChI=1S/C22H20N2O2S/c1-23(2)19-9-3-17(4-10-19)7-13-21-15-16-22(27-21)14-8-18-5-11-20(12-6-18)24(25)26/h3-16H,1-2H3/b13-7+,14-8+. The highest BCUT2D eigenvalue weighted by Gasteiger charge is 2.02.